The van der Waals surface area contributed by atoms with Crippen LogP contribution >= 0.6 is 0 Å². The van der Waals surface area contributed by atoms with Gasteiger partial charge >= 0.3 is 5.69 Å². The molecule has 2 aromatic heterocycles. The van der Waals surface area contributed by atoms with Gasteiger partial charge in [0.1, 0.15) is 0 Å². The summed E-state index contributed by atoms with van der Waals surface area (Å²) in [4.78, 5) is 25.6. The number of tetrazole rings is 1. The molecule has 0 saturated heterocycles. The molecule has 0 spiro atoms. The van der Waals surface area contributed by atoms with Crippen molar-refractivity contribution in [1.82, 2.24) is 29.8 Å². The number of aromatic nitrogens is 6. The van der Waals surface area contributed by atoms with E-state index in [2.05, 4.69) is 20.6 Å². The fourth-order valence-corrected chi connectivity index (χ4v) is 3.90. The van der Waals surface area contributed by atoms with Crippen molar-refractivity contribution < 1.29 is 4.79 Å². The van der Waals surface area contributed by atoms with Crippen LogP contribution in [0.15, 0.2) is 71.7 Å². The van der Waals surface area contributed by atoms with E-state index in [1.807, 2.05) is 74.5 Å². The second-order valence-corrected chi connectivity index (χ2v) is 8.11. The van der Waals surface area contributed by atoms with E-state index in [0.717, 1.165) is 40.8 Å². The Morgan fingerprint density at radius 3 is 2.53 bits per heavy atom. The standard InChI is InChI=1S/C26H28N6O2/c1-3-5-9-21-18-32(24(33)12-6-4-2)26(34)31(21)17-19-13-15-20(16-14-19)22-10-7-8-11-23(22)25-27-29-30-28-25/h3,5,7-8,10-11,13-16,18H,4,6,9,12,17H2,1-2H3,(H,27,28,29,30). The fraction of sp³-hybridized carbons (Fsp3) is 0.269. The summed E-state index contributed by atoms with van der Waals surface area (Å²) in [6.45, 7) is 4.37. The molecular weight excluding hydrogens is 428 g/mol. The van der Waals surface area contributed by atoms with Crippen LogP contribution < -0.4 is 5.69 Å². The van der Waals surface area contributed by atoms with Gasteiger partial charge in [-0.3, -0.25) is 9.36 Å². The van der Waals surface area contributed by atoms with Crippen LogP contribution in [-0.2, 0) is 13.0 Å². The number of rotatable bonds is 9. The van der Waals surface area contributed by atoms with E-state index in [1.54, 1.807) is 10.8 Å². The van der Waals surface area contributed by atoms with Crippen LogP contribution in [0.5, 0.6) is 0 Å². The van der Waals surface area contributed by atoms with Gasteiger partial charge in [-0.15, -0.1) is 10.2 Å². The molecule has 0 bridgehead atoms. The Kier molecular flexibility index (Phi) is 7.27. The second-order valence-electron chi connectivity index (χ2n) is 8.11. The van der Waals surface area contributed by atoms with Gasteiger partial charge in [-0.2, -0.15) is 5.21 Å². The zero-order valence-electron chi connectivity index (χ0n) is 19.4. The predicted molar refractivity (Wildman–Crippen MR) is 132 cm³/mol. The van der Waals surface area contributed by atoms with Gasteiger partial charge in [-0.05, 0) is 35.2 Å². The maximum Gasteiger partial charge on any atom is 0.335 e. The Labute approximate surface area is 198 Å². The number of nitrogens with one attached hydrogen (secondary N) is 1. The summed E-state index contributed by atoms with van der Waals surface area (Å²) in [7, 11) is 0. The third kappa shape index (κ3) is 4.96. The van der Waals surface area contributed by atoms with Crippen LogP contribution in [0.25, 0.3) is 22.5 Å². The van der Waals surface area contributed by atoms with Crippen molar-refractivity contribution in [3.8, 4) is 22.5 Å². The molecule has 8 heteroatoms. The summed E-state index contributed by atoms with van der Waals surface area (Å²) in [5, 5.41) is 14.4. The van der Waals surface area contributed by atoms with Crippen molar-refractivity contribution in [3.63, 3.8) is 0 Å². The SMILES string of the molecule is CC=CCc1cn(C(=O)CCCC)c(=O)n1Cc1ccc(-c2ccccc2-c2nn[nH]n2)cc1. The average molecular weight is 457 g/mol. The molecule has 0 fully saturated rings. The highest BCUT2D eigenvalue weighted by atomic mass is 16.2. The van der Waals surface area contributed by atoms with Gasteiger partial charge in [0.25, 0.3) is 0 Å². The molecule has 34 heavy (non-hydrogen) atoms. The minimum atomic E-state index is -0.285. The molecule has 0 saturated carbocycles. The highest BCUT2D eigenvalue weighted by Gasteiger charge is 2.16. The van der Waals surface area contributed by atoms with Crippen molar-refractivity contribution in [3.05, 3.63) is 88.6 Å². The van der Waals surface area contributed by atoms with Crippen molar-refractivity contribution in [2.45, 2.75) is 46.1 Å². The number of hydrogen-bond donors (Lipinski definition) is 1. The van der Waals surface area contributed by atoms with E-state index in [4.69, 9.17) is 0 Å². The number of aromatic amines is 1. The van der Waals surface area contributed by atoms with Crippen molar-refractivity contribution in [2.75, 3.05) is 0 Å². The molecule has 174 valence electrons. The van der Waals surface area contributed by atoms with Gasteiger partial charge in [0.2, 0.25) is 11.7 Å². The van der Waals surface area contributed by atoms with E-state index in [9.17, 15) is 9.59 Å². The lowest BCUT2D eigenvalue weighted by Crippen LogP contribution is -2.29. The quantitative estimate of drug-likeness (QED) is 0.374. The summed E-state index contributed by atoms with van der Waals surface area (Å²) in [5.74, 6) is 0.384. The highest BCUT2D eigenvalue weighted by Crippen LogP contribution is 2.29. The predicted octanol–water partition coefficient (Wildman–Crippen LogP) is 4.49. The van der Waals surface area contributed by atoms with Gasteiger partial charge in [0.15, 0.2) is 0 Å². The Bertz CT molecular complexity index is 1330. The van der Waals surface area contributed by atoms with E-state index in [0.29, 0.717) is 25.2 Å². The zero-order valence-corrected chi connectivity index (χ0v) is 19.4. The smallest absolute Gasteiger partial charge is 0.291 e. The third-order valence-corrected chi connectivity index (χ3v) is 5.76. The maximum absolute atomic E-state index is 13.1. The first kappa shape index (κ1) is 23.1. The molecule has 0 aliphatic rings. The molecule has 0 aliphatic carbocycles. The van der Waals surface area contributed by atoms with Gasteiger partial charge in [-0.25, -0.2) is 9.36 Å². The molecule has 0 unspecified atom stereocenters. The summed E-state index contributed by atoms with van der Waals surface area (Å²) >= 11 is 0. The number of nitrogens with zero attached hydrogens (tertiary/aromatic N) is 5. The van der Waals surface area contributed by atoms with Crippen molar-refractivity contribution in [1.29, 1.82) is 0 Å². The summed E-state index contributed by atoms with van der Waals surface area (Å²) in [6.07, 6.45) is 8.27. The number of carbonyl (C=O) groups is 1. The molecule has 4 aromatic rings. The normalized spacial score (nSPS) is 11.4. The highest BCUT2D eigenvalue weighted by molar-refractivity contribution is 5.80. The number of allylic oxidation sites excluding steroid dienone is 2. The Hall–Kier alpha value is -4.07. The van der Waals surface area contributed by atoms with E-state index in [-0.39, 0.29) is 11.6 Å². The van der Waals surface area contributed by atoms with Crippen LogP contribution in [0, 0.1) is 0 Å². The molecule has 1 N–H and O–H groups in total. The molecule has 0 amide bonds. The number of benzene rings is 2. The summed E-state index contributed by atoms with van der Waals surface area (Å²) < 4.78 is 2.95. The minimum Gasteiger partial charge on any atom is -0.291 e. The lowest BCUT2D eigenvalue weighted by atomic mass is 9.98. The largest absolute Gasteiger partial charge is 0.335 e. The zero-order chi connectivity index (χ0) is 23.9. The molecule has 4 rings (SSSR count). The first-order valence-electron chi connectivity index (χ1n) is 11.5. The lowest BCUT2D eigenvalue weighted by molar-refractivity contribution is 0.0894. The van der Waals surface area contributed by atoms with Crippen LogP contribution in [0.2, 0.25) is 0 Å². The molecule has 2 aromatic carbocycles. The molecular formula is C26H28N6O2. The topological polar surface area (TPSA) is 98.5 Å². The molecule has 0 aliphatic heterocycles. The first-order chi connectivity index (χ1) is 16.6. The first-order valence-corrected chi connectivity index (χ1v) is 11.5. The van der Waals surface area contributed by atoms with E-state index < -0.39 is 0 Å². The Morgan fingerprint density at radius 2 is 1.85 bits per heavy atom. The minimum absolute atomic E-state index is 0.152. The third-order valence-electron chi connectivity index (χ3n) is 5.76. The number of unbranched alkanes of at least 4 members (excludes halogenated alkanes) is 1. The van der Waals surface area contributed by atoms with Gasteiger partial charge in [0, 0.05) is 30.3 Å². The fourth-order valence-electron chi connectivity index (χ4n) is 3.90. The molecule has 0 atom stereocenters. The van der Waals surface area contributed by atoms with Crippen LogP contribution in [0.4, 0.5) is 0 Å². The lowest BCUT2D eigenvalue weighted by Gasteiger charge is -2.09. The maximum atomic E-state index is 13.1. The molecule has 8 nitrogen and oxygen atoms in total. The Balaban J connectivity index is 1.62. The van der Waals surface area contributed by atoms with Crippen LogP contribution in [0.1, 0.15) is 49.2 Å². The number of imidazole rings is 1. The van der Waals surface area contributed by atoms with E-state index in [1.165, 1.54) is 4.57 Å². The molecule has 0 radical (unpaired) electrons. The van der Waals surface area contributed by atoms with Gasteiger partial charge in [0.05, 0.1) is 6.54 Å². The number of H-pyrrole nitrogens is 1. The Morgan fingerprint density at radius 1 is 1.09 bits per heavy atom. The van der Waals surface area contributed by atoms with Crippen LogP contribution in [0.3, 0.4) is 0 Å². The van der Waals surface area contributed by atoms with Crippen molar-refractivity contribution in [2.24, 2.45) is 0 Å². The number of carbonyl (C=O) groups excluding carboxylic acids is 1. The van der Waals surface area contributed by atoms with E-state index >= 15 is 0 Å². The number of hydrogen-bond acceptors (Lipinski definition) is 5. The van der Waals surface area contributed by atoms with Crippen molar-refractivity contribution >= 4 is 5.91 Å². The monoisotopic (exact) mass is 456 g/mol. The van der Waals surface area contributed by atoms with Gasteiger partial charge in [-0.1, -0.05) is 74.0 Å². The molecule has 2 heterocycles. The average Bonchev–Trinajstić information content (AvgIpc) is 3.51. The van der Waals surface area contributed by atoms with Crippen LogP contribution in [-0.4, -0.2) is 35.7 Å². The van der Waals surface area contributed by atoms with Gasteiger partial charge < -0.3 is 0 Å². The summed E-state index contributed by atoms with van der Waals surface area (Å²) in [5.41, 5.74) is 4.40. The second kappa shape index (κ2) is 10.7. The summed E-state index contributed by atoms with van der Waals surface area (Å²) in [6, 6.07) is 15.9.